The first kappa shape index (κ1) is 13.9. The van der Waals surface area contributed by atoms with Crippen LogP contribution in [0.15, 0.2) is 24.3 Å². The van der Waals surface area contributed by atoms with Gasteiger partial charge in [-0.3, -0.25) is 4.79 Å². The number of Topliss-reactive ketones (excluding diaryl/α,β-unsaturated/α-hetero) is 1. The quantitative estimate of drug-likeness (QED) is 0.784. The normalized spacial score (nSPS) is 11.4. The molecule has 5 heteroatoms. The van der Waals surface area contributed by atoms with Crippen LogP contribution in [0.2, 0.25) is 0 Å². The van der Waals surface area contributed by atoms with Crippen molar-refractivity contribution in [2.45, 2.75) is 20.3 Å². The Hall–Kier alpha value is -1.20. The van der Waals surface area contributed by atoms with Crippen LogP contribution in [0.4, 0.5) is 0 Å². The highest BCUT2D eigenvalue weighted by Crippen LogP contribution is 2.03. The summed E-state index contributed by atoms with van der Waals surface area (Å²) in [7, 11) is -3.31. The van der Waals surface area contributed by atoms with Crippen LogP contribution >= 0.6 is 0 Å². The lowest BCUT2D eigenvalue weighted by Gasteiger charge is -2.05. The van der Waals surface area contributed by atoms with Gasteiger partial charge in [-0.2, -0.15) is 0 Å². The number of hydrogen-bond donors (Lipinski definition) is 1. The molecule has 0 aromatic heterocycles. The van der Waals surface area contributed by atoms with E-state index in [2.05, 4.69) is 4.72 Å². The Morgan fingerprint density at radius 2 is 1.82 bits per heavy atom. The van der Waals surface area contributed by atoms with Crippen molar-refractivity contribution in [3.8, 4) is 0 Å². The van der Waals surface area contributed by atoms with Gasteiger partial charge in [-0.1, -0.05) is 36.8 Å². The van der Waals surface area contributed by atoms with Crippen LogP contribution < -0.4 is 4.72 Å². The predicted molar refractivity (Wildman–Crippen MR) is 67.6 cm³/mol. The van der Waals surface area contributed by atoms with E-state index in [1.807, 2.05) is 19.1 Å². The van der Waals surface area contributed by atoms with Gasteiger partial charge in [0.1, 0.15) is 0 Å². The third kappa shape index (κ3) is 4.66. The summed E-state index contributed by atoms with van der Waals surface area (Å²) in [6.07, 6.45) is 0.536. The van der Waals surface area contributed by atoms with Gasteiger partial charge in [-0.15, -0.1) is 0 Å². The largest absolute Gasteiger partial charge is 0.293 e. The molecule has 0 saturated heterocycles. The summed E-state index contributed by atoms with van der Waals surface area (Å²) in [5.74, 6) is -0.168. The van der Waals surface area contributed by atoms with Crippen molar-refractivity contribution in [1.29, 1.82) is 0 Å². The summed E-state index contributed by atoms with van der Waals surface area (Å²) in [6, 6.07) is 7.05. The molecule has 1 rings (SSSR count). The number of carbonyl (C=O) groups excluding carboxylic acids is 1. The average Bonchev–Trinajstić information content (AvgIpc) is 2.27. The number of carbonyl (C=O) groups is 1. The molecule has 0 saturated carbocycles. The second-order valence-electron chi connectivity index (χ2n) is 3.93. The minimum Gasteiger partial charge on any atom is -0.293 e. The first-order chi connectivity index (χ1) is 7.94. The fraction of sp³-hybridized carbons (Fsp3) is 0.417. The lowest BCUT2D eigenvalue weighted by Crippen LogP contribution is -2.31. The first-order valence-electron chi connectivity index (χ1n) is 5.52. The van der Waals surface area contributed by atoms with Crippen LogP contribution in [0.5, 0.6) is 0 Å². The lowest BCUT2D eigenvalue weighted by atomic mass is 10.1. The van der Waals surface area contributed by atoms with Crippen molar-refractivity contribution in [2.75, 3.05) is 12.3 Å². The zero-order valence-corrected chi connectivity index (χ0v) is 10.9. The second-order valence-corrected chi connectivity index (χ2v) is 5.86. The van der Waals surface area contributed by atoms with Gasteiger partial charge in [-0.05, 0) is 13.3 Å². The van der Waals surface area contributed by atoms with E-state index in [0.717, 1.165) is 5.56 Å². The van der Waals surface area contributed by atoms with E-state index >= 15 is 0 Å². The maximum absolute atomic E-state index is 11.7. The number of ketones is 1. The minimum absolute atomic E-state index is 0.0498. The summed E-state index contributed by atoms with van der Waals surface area (Å²) < 4.78 is 25.0. The fourth-order valence-electron chi connectivity index (χ4n) is 1.36. The number of aryl methyl sites for hydroxylation is 1. The van der Waals surface area contributed by atoms with Crippen molar-refractivity contribution in [3.63, 3.8) is 0 Å². The zero-order chi connectivity index (χ0) is 12.9. The molecule has 1 aromatic carbocycles. The third-order valence-corrected chi connectivity index (χ3v) is 3.83. The number of benzene rings is 1. The Bertz CT molecular complexity index is 477. The smallest absolute Gasteiger partial charge is 0.211 e. The minimum atomic E-state index is -3.31. The topological polar surface area (TPSA) is 63.2 Å². The highest BCUT2D eigenvalue weighted by molar-refractivity contribution is 7.89. The molecule has 0 bridgehead atoms. The molecule has 17 heavy (non-hydrogen) atoms. The van der Waals surface area contributed by atoms with Gasteiger partial charge in [0.2, 0.25) is 10.0 Å². The summed E-state index contributed by atoms with van der Waals surface area (Å²) in [4.78, 5) is 11.7. The van der Waals surface area contributed by atoms with Crippen molar-refractivity contribution in [2.24, 2.45) is 0 Å². The molecule has 4 nitrogen and oxygen atoms in total. The molecule has 0 amide bonds. The molecule has 0 unspecified atom stereocenters. The van der Waals surface area contributed by atoms with Crippen molar-refractivity contribution in [3.05, 3.63) is 35.4 Å². The number of rotatable bonds is 6. The molecular weight excluding hydrogens is 238 g/mol. The molecule has 0 heterocycles. The van der Waals surface area contributed by atoms with Crippen LogP contribution in [0, 0.1) is 6.92 Å². The van der Waals surface area contributed by atoms with E-state index in [-0.39, 0.29) is 18.1 Å². The maximum atomic E-state index is 11.7. The van der Waals surface area contributed by atoms with Gasteiger partial charge in [0.25, 0.3) is 0 Å². The van der Waals surface area contributed by atoms with E-state index in [1.54, 1.807) is 19.1 Å². The number of sulfonamides is 1. The summed E-state index contributed by atoms with van der Waals surface area (Å²) in [5, 5.41) is 0. The van der Waals surface area contributed by atoms with E-state index < -0.39 is 10.0 Å². The number of hydrogen-bond acceptors (Lipinski definition) is 3. The molecule has 94 valence electrons. The molecule has 1 aromatic rings. The Morgan fingerprint density at radius 1 is 1.24 bits per heavy atom. The van der Waals surface area contributed by atoms with Crippen LogP contribution in [0.25, 0.3) is 0 Å². The zero-order valence-electron chi connectivity index (χ0n) is 10.1. The van der Waals surface area contributed by atoms with Crippen LogP contribution in [-0.2, 0) is 10.0 Å². The predicted octanol–water partition coefficient (Wildman–Crippen LogP) is 1.51. The Balaban J connectivity index is 2.59. The van der Waals surface area contributed by atoms with Gasteiger partial charge in [0.05, 0.1) is 12.3 Å². The molecular formula is C12H17NO3S. The monoisotopic (exact) mass is 255 g/mol. The Labute approximate surface area is 102 Å². The average molecular weight is 255 g/mol. The molecule has 0 atom stereocenters. The SMILES string of the molecule is CCCS(=O)(=O)NCC(=O)c1ccc(C)cc1. The number of nitrogens with one attached hydrogen (secondary N) is 1. The maximum Gasteiger partial charge on any atom is 0.211 e. The van der Waals surface area contributed by atoms with Gasteiger partial charge in [-0.25, -0.2) is 13.1 Å². The standard InChI is InChI=1S/C12H17NO3S/c1-3-8-17(15,16)13-9-12(14)11-6-4-10(2)5-7-11/h4-7,13H,3,8-9H2,1-2H3. The molecule has 0 radical (unpaired) electrons. The summed E-state index contributed by atoms with van der Waals surface area (Å²) in [6.45, 7) is 3.53. The van der Waals surface area contributed by atoms with Gasteiger partial charge >= 0.3 is 0 Å². The van der Waals surface area contributed by atoms with Gasteiger partial charge in [0.15, 0.2) is 5.78 Å². The molecule has 0 aliphatic carbocycles. The Kier molecular flexibility index (Phi) is 4.84. The second kappa shape index (κ2) is 5.93. The third-order valence-electron chi connectivity index (χ3n) is 2.30. The molecule has 1 N–H and O–H groups in total. The van der Waals surface area contributed by atoms with E-state index in [9.17, 15) is 13.2 Å². The highest BCUT2D eigenvalue weighted by Gasteiger charge is 2.12. The van der Waals surface area contributed by atoms with E-state index in [4.69, 9.17) is 0 Å². The van der Waals surface area contributed by atoms with E-state index in [1.165, 1.54) is 0 Å². The fourth-order valence-corrected chi connectivity index (χ4v) is 2.39. The van der Waals surface area contributed by atoms with E-state index in [0.29, 0.717) is 12.0 Å². The van der Waals surface area contributed by atoms with Gasteiger partial charge < -0.3 is 0 Å². The molecule has 0 aliphatic rings. The summed E-state index contributed by atoms with van der Waals surface area (Å²) >= 11 is 0. The first-order valence-corrected chi connectivity index (χ1v) is 7.17. The van der Waals surface area contributed by atoms with Gasteiger partial charge in [0, 0.05) is 5.56 Å². The van der Waals surface area contributed by atoms with Crippen molar-refractivity contribution < 1.29 is 13.2 Å². The lowest BCUT2D eigenvalue weighted by molar-refractivity contribution is 0.0997. The van der Waals surface area contributed by atoms with Crippen LogP contribution in [0.3, 0.4) is 0 Å². The summed E-state index contributed by atoms with van der Waals surface area (Å²) in [5.41, 5.74) is 1.59. The molecule has 0 aliphatic heterocycles. The molecule has 0 spiro atoms. The highest BCUT2D eigenvalue weighted by atomic mass is 32.2. The Morgan fingerprint density at radius 3 is 2.35 bits per heavy atom. The molecule has 0 fully saturated rings. The van der Waals surface area contributed by atoms with Crippen LogP contribution in [0.1, 0.15) is 29.3 Å². The van der Waals surface area contributed by atoms with Crippen LogP contribution in [-0.4, -0.2) is 26.5 Å². The van der Waals surface area contributed by atoms with Crippen molar-refractivity contribution in [1.82, 2.24) is 4.72 Å². The van der Waals surface area contributed by atoms with Crippen molar-refractivity contribution >= 4 is 15.8 Å².